The smallest absolute Gasteiger partial charge is 0.283 e. The normalized spacial score (nSPS) is 25.4. The Morgan fingerprint density at radius 2 is 1.71 bits per heavy atom. The number of carbonyl (C=O) groups is 2. The molecule has 0 amide bonds. The highest BCUT2D eigenvalue weighted by atomic mass is 33.1. The van der Waals surface area contributed by atoms with Gasteiger partial charge in [0.25, 0.3) is 8.89 Å². The van der Waals surface area contributed by atoms with Gasteiger partial charge in [-0.2, -0.15) is 0 Å². The molecular formula is C14H24O4S6. The Morgan fingerprint density at radius 1 is 1.08 bits per heavy atom. The Hall–Kier alpha value is 1.36. The minimum absolute atomic E-state index is 0.00554. The molecule has 1 aliphatic carbocycles. The van der Waals surface area contributed by atoms with Gasteiger partial charge in [0, 0.05) is 11.0 Å². The number of hydrogen-bond donors (Lipinski definition) is 0. The summed E-state index contributed by atoms with van der Waals surface area (Å²) >= 11 is 1.78. The molecule has 4 nitrogen and oxygen atoms in total. The molecule has 1 fully saturated rings. The van der Waals surface area contributed by atoms with Crippen LogP contribution in [0.5, 0.6) is 0 Å². The van der Waals surface area contributed by atoms with E-state index in [9.17, 15) is 9.59 Å². The first-order chi connectivity index (χ1) is 11.5. The molecule has 0 N–H and O–H groups in total. The fourth-order valence-electron chi connectivity index (χ4n) is 2.55. The molecule has 10 heteroatoms. The summed E-state index contributed by atoms with van der Waals surface area (Å²) in [5, 5.41) is 0.501. The van der Waals surface area contributed by atoms with Crippen LogP contribution in [-0.4, -0.2) is 34.1 Å². The maximum Gasteiger partial charge on any atom is 0.283 e. The summed E-state index contributed by atoms with van der Waals surface area (Å²) in [4.78, 5) is 23.0. The van der Waals surface area contributed by atoms with Gasteiger partial charge in [-0.1, -0.05) is 35.4 Å². The van der Waals surface area contributed by atoms with E-state index in [1.54, 1.807) is 21.6 Å². The van der Waals surface area contributed by atoms with Gasteiger partial charge >= 0.3 is 0 Å². The topological polar surface area (TPSA) is 52.6 Å². The van der Waals surface area contributed by atoms with Crippen LogP contribution in [0.2, 0.25) is 0 Å². The molecule has 140 valence electrons. The first-order valence-electron chi connectivity index (χ1n) is 7.59. The van der Waals surface area contributed by atoms with Gasteiger partial charge in [0.05, 0.1) is 38.3 Å². The van der Waals surface area contributed by atoms with E-state index >= 15 is 0 Å². The van der Waals surface area contributed by atoms with E-state index in [0.29, 0.717) is 23.0 Å². The van der Waals surface area contributed by atoms with Crippen LogP contribution in [0.25, 0.3) is 0 Å². The molecule has 1 rings (SSSR count). The minimum Gasteiger partial charge on any atom is -0.311 e. The average Bonchev–Trinajstić information content (AvgIpc) is 2.54. The highest BCUT2D eigenvalue weighted by Gasteiger charge is 2.32. The van der Waals surface area contributed by atoms with Crippen molar-refractivity contribution in [3.63, 3.8) is 0 Å². The van der Waals surface area contributed by atoms with Gasteiger partial charge < -0.3 is 8.37 Å². The third-order valence-electron chi connectivity index (χ3n) is 3.97. The predicted octanol–water partition coefficient (Wildman–Crippen LogP) is 7.02. The first-order valence-corrected chi connectivity index (χ1v) is 13.6. The fraction of sp³-hybridized carbons (Fsp3) is 0.857. The van der Waals surface area contributed by atoms with Crippen LogP contribution in [0.4, 0.5) is 9.59 Å². The van der Waals surface area contributed by atoms with Gasteiger partial charge in [-0.15, -0.1) is 0 Å². The lowest BCUT2D eigenvalue weighted by molar-refractivity contribution is 0.245. The van der Waals surface area contributed by atoms with Crippen LogP contribution >= 0.6 is 67.3 Å². The molecule has 1 aliphatic rings. The molecule has 24 heavy (non-hydrogen) atoms. The van der Waals surface area contributed by atoms with Crippen LogP contribution in [0.15, 0.2) is 0 Å². The summed E-state index contributed by atoms with van der Waals surface area (Å²) in [5.74, 6) is 2.81. The molecule has 0 saturated heterocycles. The molecule has 0 bridgehead atoms. The molecular weight excluding hydrogens is 425 g/mol. The summed E-state index contributed by atoms with van der Waals surface area (Å²) in [6.45, 7) is 4.54. The van der Waals surface area contributed by atoms with Crippen molar-refractivity contribution >= 4 is 76.2 Å². The Bertz CT molecular complexity index is 397. The summed E-state index contributed by atoms with van der Waals surface area (Å²) < 4.78 is 9.55. The third kappa shape index (κ3) is 9.34. The van der Waals surface area contributed by atoms with Crippen LogP contribution < -0.4 is 0 Å². The molecule has 0 aliphatic heterocycles. The van der Waals surface area contributed by atoms with E-state index in [2.05, 4.69) is 13.8 Å². The molecule has 0 heterocycles. The summed E-state index contributed by atoms with van der Waals surface area (Å²) in [6, 6.07) is 0. The fourth-order valence-corrected chi connectivity index (χ4v) is 8.79. The van der Waals surface area contributed by atoms with Crippen molar-refractivity contribution in [2.45, 2.75) is 38.4 Å². The van der Waals surface area contributed by atoms with E-state index in [4.69, 9.17) is 8.37 Å². The Balaban J connectivity index is 2.34. The summed E-state index contributed by atoms with van der Waals surface area (Å²) in [5.41, 5.74) is 0. The lowest BCUT2D eigenvalue weighted by Crippen LogP contribution is -2.29. The molecule has 0 spiro atoms. The summed E-state index contributed by atoms with van der Waals surface area (Å²) in [7, 11) is 8.88. The summed E-state index contributed by atoms with van der Waals surface area (Å²) in [6.07, 6.45) is 3.57. The average molecular weight is 449 g/mol. The van der Waals surface area contributed by atoms with Crippen molar-refractivity contribution in [1.82, 2.24) is 0 Å². The van der Waals surface area contributed by atoms with E-state index in [-0.39, 0.29) is 8.89 Å². The van der Waals surface area contributed by atoms with Crippen molar-refractivity contribution in [2.75, 3.05) is 20.0 Å². The second kappa shape index (κ2) is 13.5. The van der Waals surface area contributed by atoms with Crippen molar-refractivity contribution in [3.8, 4) is 0 Å². The molecule has 0 aromatic carbocycles. The van der Waals surface area contributed by atoms with Crippen molar-refractivity contribution in [1.29, 1.82) is 0 Å². The second-order valence-electron chi connectivity index (χ2n) is 5.61. The zero-order valence-corrected chi connectivity index (χ0v) is 19.1. The van der Waals surface area contributed by atoms with Gasteiger partial charge in [0.1, 0.15) is 0 Å². The molecule has 0 aromatic rings. The molecule has 0 aromatic heterocycles. The zero-order chi connectivity index (χ0) is 17.9. The first kappa shape index (κ1) is 23.4. The van der Waals surface area contributed by atoms with Gasteiger partial charge in [-0.05, 0) is 58.6 Å². The molecule has 1 saturated carbocycles. The lowest BCUT2D eigenvalue weighted by Gasteiger charge is -2.36. The van der Waals surface area contributed by atoms with Crippen LogP contribution in [0, 0.1) is 17.8 Å². The highest BCUT2D eigenvalue weighted by Crippen LogP contribution is 2.46. The Kier molecular flexibility index (Phi) is 13.2. The quantitative estimate of drug-likeness (QED) is 0.286. The van der Waals surface area contributed by atoms with Crippen molar-refractivity contribution in [3.05, 3.63) is 0 Å². The highest BCUT2D eigenvalue weighted by molar-refractivity contribution is 8.86. The van der Waals surface area contributed by atoms with E-state index in [1.807, 2.05) is 0 Å². The van der Waals surface area contributed by atoms with E-state index < -0.39 is 0 Å². The maximum absolute atomic E-state index is 11.6. The minimum atomic E-state index is -0.00838. The molecule has 4 atom stereocenters. The molecule has 0 radical (unpaired) electrons. The van der Waals surface area contributed by atoms with Gasteiger partial charge in [-0.3, -0.25) is 9.59 Å². The van der Waals surface area contributed by atoms with E-state index in [1.165, 1.54) is 48.6 Å². The monoisotopic (exact) mass is 448 g/mol. The van der Waals surface area contributed by atoms with Gasteiger partial charge in [-0.25, -0.2) is 0 Å². The maximum atomic E-state index is 11.6. The third-order valence-corrected chi connectivity index (χ3v) is 10.9. The molecule has 4 unspecified atom stereocenters. The Morgan fingerprint density at radius 3 is 2.33 bits per heavy atom. The predicted molar refractivity (Wildman–Crippen MR) is 115 cm³/mol. The number of rotatable bonds is 8. The SMILES string of the molecule is COSC(=O)SSCC(C)C1CCC(C)C(SSC(=O)SOC)C1. The lowest BCUT2D eigenvalue weighted by atomic mass is 9.77. The zero-order valence-electron chi connectivity index (χ0n) is 14.2. The van der Waals surface area contributed by atoms with Crippen LogP contribution in [0.1, 0.15) is 33.1 Å². The standard InChI is InChI=1S/C14H24O4S6/c1-9-5-6-11(7-12(9)22-24-14(16)21-18-4)10(2)8-19-23-13(15)20-17-3/h9-12H,5-8H2,1-4H3. The van der Waals surface area contributed by atoms with Gasteiger partial charge in [0.2, 0.25) is 0 Å². The van der Waals surface area contributed by atoms with Gasteiger partial charge in [0.15, 0.2) is 0 Å². The van der Waals surface area contributed by atoms with Crippen LogP contribution in [0.3, 0.4) is 0 Å². The number of carbonyl (C=O) groups excluding carboxylic acids is 2. The van der Waals surface area contributed by atoms with Crippen molar-refractivity contribution in [2.24, 2.45) is 17.8 Å². The second-order valence-corrected chi connectivity index (χ2v) is 12.6. The largest absolute Gasteiger partial charge is 0.311 e. The van der Waals surface area contributed by atoms with Crippen molar-refractivity contribution < 1.29 is 18.0 Å². The van der Waals surface area contributed by atoms with Crippen LogP contribution in [-0.2, 0) is 8.37 Å². The Labute approximate surface area is 169 Å². The van der Waals surface area contributed by atoms with E-state index in [0.717, 1.165) is 36.3 Å². The number of hydrogen-bond acceptors (Lipinski definition) is 10.